The second-order valence-corrected chi connectivity index (χ2v) is 6.20. The molecule has 0 spiro atoms. The Balaban J connectivity index is 1.69. The predicted octanol–water partition coefficient (Wildman–Crippen LogP) is 0.509. The monoisotopic (exact) mass is 316 g/mol. The van der Waals surface area contributed by atoms with E-state index < -0.39 is 4.92 Å². The number of hydrogen-bond acceptors (Lipinski definition) is 6. The summed E-state index contributed by atoms with van der Waals surface area (Å²) in [4.78, 5) is 28.4. The van der Waals surface area contributed by atoms with E-state index in [1.54, 1.807) is 19.2 Å². The Morgan fingerprint density at radius 2 is 2.13 bits per heavy atom. The molecule has 4 rings (SSSR count). The molecule has 4 heterocycles. The Labute approximate surface area is 131 Å². The second kappa shape index (κ2) is 4.90. The minimum absolute atomic E-state index is 0.0416. The summed E-state index contributed by atoms with van der Waals surface area (Å²) < 4.78 is 3.31. The van der Waals surface area contributed by atoms with Gasteiger partial charge in [0.2, 0.25) is 0 Å². The lowest BCUT2D eigenvalue weighted by atomic mass is 9.83. The van der Waals surface area contributed by atoms with Crippen molar-refractivity contribution in [3.63, 3.8) is 0 Å². The number of nitro groups is 1. The summed E-state index contributed by atoms with van der Waals surface area (Å²) in [6.07, 6.45) is 1.03. The summed E-state index contributed by atoms with van der Waals surface area (Å²) in [5.41, 5.74) is 1.08. The quantitative estimate of drug-likeness (QED) is 0.591. The smallest absolute Gasteiger partial charge is 0.390 e. The molecule has 0 radical (unpaired) electrons. The lowest BCUT2D eigenvalue weighted by Crippen LogP contribution is -2.47. The molecule has 2 aliphatic rings. The van der Waals surface area contributed by atoms with Crippen LogP contribution in [-0.2, 0) is 13.6 Å². The molecule has 9 heteroatoms. The molecule has 23 heavy (non-hydrogen) atoms. The van der Waals surface area contributed by atoms with Gasteiger partial charge in [-0.2, -0.15) is 4.68 Å². The average molecular weight is 316 g/mol. The van der Waals surface area contributed by atoms with Crippen molar-refractivity contribution in [1.82, 2.24) is 19.3 Å². The van der Waals surface area contributed by atoms with E-state index in [-0.39, 0.29) is 17.4 Å². The van der Waals surface area contributed by atoms with Gasteiger partial charge in [0.1, 0.15) is 0 Å². The van der Waals surface area contributed by atoms with E-state index in [9.17, 15) is 14.9 Å². The maximum Gasteiger partial charge on any atom is 0.493 e. The largest absolute Gasteiger partial charge is 0.493 e. The van der Waals surface area contributed by atoms with Gasteiger partial charge in [-0.3, -0.25) is 4.79 Å². The highest BCUT2D eigenvalue weighted by molar-refractivity contribution is 5.36. The Kier molecular flexibility index (Phi) is 2.97. The summed E-state index contributed by atoms with van der Waals surface area (Å²) in [7, 11) is 1.66. The maximum atomic E-state index is 12.0. The van der Waals surface area contributed by atoms with Crippen LogP contribution in [0.4, 0.5) is 11.9 Å². The van der Waals surface area contributed by atoms with Gasteiger partial charge in [0.05, 0.1) is 0 Å². The number of aromatic nitrogens is 4. The third kappa shape index (κ3) is 2.19. The van der Waals surface area contributed by atoms with Crippen LogP contribution in [0.15, 0.2) is 23.0 Å². The number of fused-ring (bicyclic) bond motifs is 4. The fourth-order valence-corrected chi connectivity index (χ4v) is 3.78. The molecular formula is C14H16N6O3. The highest BCUT2D eigenvalue weighted by Crippen LogP contribution is 2.36. The molecule has 0 N–H and O–H groups in total. The Morgan fingerprint density at radius 3 is 2.87 bits per heavy atom. The van der Waals surface area contributed by atoms with Gasteiger partial charge in [0.25, 0.3) is 5.56 Å². The molecule has 0 aliphatic carbocycles. The molecule has 9 nitrogen and oxygen atoms in total. The van der Waals surface area contributed by atoms with Gasteiger partial charge in [-0.15, -0.1) is 0 Å². The van der Waals surface area contributed by atoms with Crippen molar-refractivity contribution in [3.05, 3.63) is 44.4 Å². The second-order valence-electron chi connectivity index (χ2n) is 6.20. The number of nitrogens with zero attached hydrogens (tertiary/aromatic N) is 6. The van der Waals surface area contributed by atoms with Crippen molar-refractivity contribution in [2.24, 2.45) is 13.0 Å². The molecule has 2 atom stereocenters. The number of pyridine rings is 1. The number of piperidine rings is 1. The molecule has 1 saturated heterocycles. The van der Waals surface area contributed by atoms with Crippen molar-refractivity contribution in [2.45, 2.75) is 18.9 Å². The van der Waals surface area contributed by atoms with Crippen molar-refractivity contribution in [1.29, 1.82) is 0 Å². The van der Waals surface area contributed by atoms with Crippen LogP contribution in [0.5, 0.6) is 0 Å². The molecule has 2 aromatic rings. The molecule has 120 valence electrons. The number of anilines is 1. The van der Waals surface area contributed by atoms with Crippen molar-refractivity contribution in [3.8, 4) is 0 Å². The summed E-state index contributed by atoms with van der Waals surface area (Å²) in [6, 6.07) is 5.37. The van der Waals surface area contributed by atoms with Gasteiger partial charge < -0.3 is 19.6 Å². The van der Waals surface area contributed by atoms with Crippen LogP contribution < -0.4 is 10.5 Å². The zero-order valence-corrected chi connectivity index (χ0v) is 12.6. The van der Waals surface area contributed by atoms with Gasteiger partial charge in [0, 0.05) is 49.5 Å². The van der Waals surface area contributed by atoms with Gasteiger partial charge in [-0.25, -0.2) is 0 Å². The number of rotatable bonds is 2. The van der Waals surface area contributed by atoms with E-state index in [4.69, 9.17) is 0 Å². The first-order valence-electron chi connectivity index (χ1n) is 7.53. The minimum atomic E-state index is -0.580. The van der Waals surface area contributed by atoms with Crippen LogP contribution in [0, 0.1) is 16.0 Å². The van der Waals surface area contributed by atoms with Crippen LogP contribution in [0.2, 0.25) is 0 Å². The summed E-state index contributed by atoms with van der Waals surface area (Å²) in [5, 5.41) is 14.7. The first-order valence-corrected chi connectivity index (χ1v) is 7.53. The third-order valence-corrected chi connectivity index (χ3v) is 4.65. The van der Waals surface area contributed by atoms with Crippen molar-refractivity contribution in [2.75, 3.05) is 18.0 Å². The zero-order chi connectivity index (χ0) is 16.1. The molecule has 0 saturated carbocycles. The highest BCUT2D eigenvalue weighted by Gasteiger charge is 2.37. The third-order valence-electron chi connectivity index (χ3n) is 4.65. The molecule has 2 bridgehead atoms. The van der Waals surface area contributed by atoms with Gasteiger partial charge in [-0.1, -0.05) is 6.07 Å². The molecular weight excluding hydrogens is 300 g/mol. The SMILES string of the molecule is Cn1nc([N+](=O)[O-])nc1N1C[C@@H]2C[C@H](C1)c1cccc(=O)n1C2. The van der Waals surface area contributed by atoms with Gasteiger partial charge in [0.15, 0.2) is 0 Å². The van der Waals surface area contributed by atoms with E-state index in [0.29, 0.717) is 25.0 Å². The molecule has 0 unspecified atom stereocenters. The minimum Gasteiger partial charge on any atom is -0.390 e. The van der Waals surface area contributed by atoms with E-state index in [0.717, 1.165) is 18.7 Å². The zero-order valence-electron chi connectivity index (χ0n) is 12.6. The summed E-state index contributed by atoms with van der Waals surface area (Å²) in [5.74, 6) is 0.692. The van der Waals surface area contributed by atoms with Crippen LogP contribution in [-0.4, -0.2) is 37.3 Å². The van der Waals surface area contributed by atoms with Crippen LogP contribution >= 0.6 is 0 Å². The molecule has 0 amide bonds. The fourth-order valence-electron chi connectivity index (χ4n) is 3.78. The average Bonchev–Trinajstić information content (AvgIpc) is 2.90. The number of aryl methyl sites for hydroxylation is 1. The molecule has 0 aromatic carbocycles. The molecule has 2 aliphatic heterocycles. The van der Waals surface area contributed by atoms with E-state index in [1.165, 1.54) is 4.68 Å². The van der Waals surface area contributed by atoms with E-state index in [2.05, 4.69) is 10.1 Å². The Bertz CT molecular complexity index is 841. The molecule has 2 aromatic heterocycles. The summed E-state index contributed by atoms with van der Waals surface area (Å²) >= 11 is 0. The number of hydrogen-bond donors (Lipinski definition) is 0. The Morgan fingerprint density at radius 1 is 1.30 bits per heavy atom. The highest BCUT2D eigenvalue weighted by atomic mass is 16.6. The fraction of sp³-hybridized carbons (Fsp3) is 0.500. The van der Waals surface area contributed by atoms with Crippen LogP contribution in [0.3, 0.4) is 0 Å². The van der Waals surface area contributed by atoms with Crippen molar-refractivity contribution >= 4 is 11.9 Å². The van der Waals surface area contributed by atoms with Crippen LogP contribution in [0.1, 0.15) is 18.0 Å². The topological polar surface area (TPSA) is 99.1 Å². The van der Waals surface area contributed by atoms with Gasteiger partial charge in [-0.05, 0) is 28.3 Å². The van der Waals surface area contributed by atoms with Crippen LogP contribution in [0.25, 0.3) is 0 Å². The lowest BCUT2D eigenvalue weighted by Gasteiger charge is -2.42. The lowest BCUT2D eigenvalue weighted by molar-refractivity contribution is -0.394. The van der Waals surface area contributed by atoms with Gasteiger partial charge >= 0.3 is 11.9 Å². The molecule has 1 fully saturated rings. The normalized spacial score (nSPS) is 22.7. The standard InChI is InChI=1S/C14H16N6O3/c1-17-14(15-13(16-17)20(22)23)18-6-9-5-10(8-18)11-3-2-4-12(21)19(11)7-9/h2-4,9-10H,5-8H2,1H3/t9-,10+/m0/s1. The van der Waals surface area contributed by atoms with Crippen molar-refractivity contribution < 1.29 is 4.92 Å². The Hall–Kier alpha value is -2.71. The first kappa shape index (κ1) is 13.9. The predicted molar refractivity (Wildman–Crippen MR) is 81.4 cm³/mol. The van der Waals surface area contributed by atoms with E-state index >= 15 is 0 Å². The summed E-state index contributed by atoms with van der Waals surface area (Å²) in [6.45, 7) is 2.09. The van der Waals surface area contributed by atoms with E-state index in [1.807, 2.05) is 15.5 Å². The maximum absolute atomic E-state index is 12.0. The first-order chi connectivity index (χ1) is 11.0.